The number of nitrogens with one attached hydrogen (secondary N) is 2. The number of amides is 2. The smallest absolute Gasteiger partial charge is 0.315 e. The van der Waals surface area contributed by atoms with E-state index >= 15 is 0 Å². The van der Waals surface area contributed by atoms with Crippen LogP contribution < -0.4 is 10.6 Å². The molecule has 0 aliphatic heterocycles. The molecule has 1 rings (SSSR count). The number of hydrogen-bond acceptors (Lipinski definition) is 3. The molecule has 0 fully saturated rings. The van der Waals surface area contributed by atoms with Crippen molar-refractivity contribution in [3.05, 3.63) is 22.4 Å². The summed E-state index contributed by atoms with van der Waals surface area (Å²) in [5, 5.41) is 19.2. The molecular weight excluding hydrogens is 260 g/mol. The minimum atomic E-state index is -0.537. The molecule has 2 unspecified atom stereocenters. The zero-order valence-electron chi connectivity index (χ0n) is 11.9. The zero-order valence-corrected chi connectivity index (χ0v) is 12.7. The summed E-state index contributed by atoms with van der Waals surface area (Å²) in [7, 11) is 0. The summed E-state index contributed by atoms with van der Waals surface area (Å²) in [6.45, 7) is 6.52. The first-order valence-electron chi connectivity index (χ1n) is 6.69. The van der Waals surface area contributed by atoms with Crippen LogP contribution in [0.5, 0.6) is 0 Å². The van der Waals surface area contributed by atoms with Gasteiger partial charge in [-0.3, -0.25) is 0 Å². The Morgan fingerprint density at radius 3 is 2.84 bits per heavy atom. The lowest BCUT2D eigenvalue weighted by Crippen LogP contribution is -2.52. The molecule has 1 heterocycles. The maximum atomic E-state index is 11.8. The van der Waals surface area contributed by atoms with Crippen molar-refractivity contribution in [2.24, 2.45) is 0 Å². The first-order valence-corrected chi connectivity index (χ1v) is 7.64. The van der Waals surface area contributed by atoms with E-state index in [1.54, 1.807) is 11.3 Å². The van der Waals surface area contributed by atoms with Crippen LogP contribution >= 0.6 is 11.3 Å². The predicted molar refractivity (Wildman–Crippen MR) is 79.7 cm³/mol. The molecule has 0 aromatic carbocycles. The Labute approximate surface area is 119 Å². The fraction of sp³-hybridized carbons (Fsp3) is 0.643. The van der Waals surface area contributed by atoms with Crippen LogP contribution in [-0.4, -0.2) is 29.8 Å². The largest absolute Gasteiger partial charge is 0.394 e. The van der Waals surface area contributed by atoms with Gasteiger partial charge in [0, 0.05) is 6.54 Å². The SMILES string of the molecule is CCCC(C)(CO)NC(=O)NCC(C)c1ccsc1. The fourth-order valence-electron chi connectivity index (χ4n) is 1.97. The average Bonchev–Trinajstić information content (AvgIpc) is 2.90. The van der Waals surface area contributed by atoms with E-state index in [0.717, 1.165) is 12.8 Å². The summed E-state index contributed by atoms with van der Waals surface area (Å²) in [6.07, 6.45) is 1.68. The van der Waals surface area contributed by atoms with Gasteiger partial charge in [0.05, 0.1) is 12.1 Å². The Morgan fingerprint density at radius 1 is 1.58 bits per heavy atom. The summed E-state index contributed by atoms with van der Waals surface area (Å²) >= 11 is 1.66. The molecule has 0 spiro atoms. The van der Waals surface area contributed by atoms with Crippen molar-refractivity contribution in [2.45, 2.75) is 45.1 Å². The van der Waals surface area contributed by atoms with E-state index in [1.807, 2.05) is 19.2 Å². The van der Waals surface area contributed by atoms with Crippen LogP contribution in [0.15, 0.2) is 16.8 Å². The topological polar surface area (TPSA) is 61.4 Å². The van der Waals surface area contributed by atoms with Crippen molar-refractivity contribution in [1.29, 1.82) is 0 Å². The van der Waals surface area contributed by atoms with Crippen LogP contribution in [0.2, 0.25) is 0 Å². The summed E-state index contributed by atoms with van der Waals surface area (Å²) in [4.78, 5) is 11.8. The lowest BCUT2D eigenvalue weighted by molar-refractivity contribution is 0.163. The Kier molecular flexibility index (Phi) is 6.31. The number of hydrogen-bond donors (Lipinski definition) is 3. The fourth-order valence-corrected chi connectivity index (χ4v) is 2.75. The highest BCUT2D eigenvalue weighted by molar-refractivity contribution is 7.07. The van der Waals surface area contributed by atoms with Gasteiger partial charge in [0.2, 0.25) is 0 Å². The summed E-state index contributed by atoms with van der Waals surface area (Å²) < 4.78 is 0. The standard InChI is InChI=1S/C14H24N2O2S/c1-4-6-14(3,10-17)16-13(18)15-8-11(2)12-5-7-19-9-12/h5,7,9,11,17H,4,6,8,10H2,1-3H3,(H2,15,16,18). The minimum absolute atomic E-state index is 0.0473. The minimum Gasteiger partial charge on any atom is -0.394 e. The van der Waals surface area contributed by atoms with Crippen molar-refractivity contribution in [2.75, 3.05) is 13.2 Å². The lowest BCUT2D eigenvalue weighted by Gasteiger charge is -2.28. The van der Waals surface area contributed by atoms with Gasteiger partial charge in [0.15, 0.2) is 0 Å². The van der Waals surface area contributed by atoms with Gasteiger partial charge in [-0.1, -0.05) is 20.3 Å². The van der Waals surface area contributed by atoms with Gasteiger partial charge in [0.25, 0.3) is 0 Å². The molecule has 1 aromatic heterocycles. The molecule has 108 valence electrons. The Hall–Kier alpha value is -1.07. The highest BCUT2D eigenvalue weighted by Gasteiger charge is 2.24. The van der Waals surface area contributed by atoms with Crippen LogP contribution in [-0.2, 0) is 0 Å². The van der Waals surface area contributed by atoms with Crippen LogP contribution in [0.3, 0.4) is 0 Å². The number of carbonyl (C=O) groups excluding carboxylic acids is 1. The molecule has 0 aliphatic rings. The summed E-state index contributed by atoms with van der Waals surface area (Å²) in [5.74, 6) is 0.295. The number of carbonyl (C=O) groups is 1. The molecule has 5 heteroatoms. The quantitative estimate of drug-likeness (QED) is 0.721. The first kappa shape index (κ1) is 16.0. The first-order chi connectivity index (χ1) is 9.00. The van der Waals surface area contributed by atoms with Gasteiger partial charge >= 0.3 is 6.03 Å². The predicted octanol–water partition coefficient (Wildman–Crippen LogP) is 2.70. The number of rotatable bonds is 7. The van der Waals surface area contributed by atoms with Crippen LogP contribution in [0.4, 0.5) is 4.79 Å². The van der Waals surface area contributed by atoms with Gasteiger partial charge < -0.3 is 15.7 Å². The second kappa shape index (κ2) is 7.50. The van der Waals surface area contributed by atoms with Gasteiger partial charge in [0.1, 0.15) is 0 Å². The average molecular weight is 284 g/mol. The van der Waals surface area contributed by atoms with Crippen molar-refractivity contribution < 1.29 is 9.90 Å². The molecule has 3 N–H and O–H groups in total. The lowest BCUT2D eigenvalue weighted by atomic mass is 9.97. The number of thiophene rings is 1. The van der Waals surface area contributed by atoms with Crippen LogP contribution in [0.25, 0.3) is 0 Å². The summed E-state index contributed by atoms with van der Waals surface area (Å²) in [6, 6.07) is 1.86. The van der Waals surface area contributed by atoms with Gasteiger partial charge in [-0.15, -0.1) is 0 Å². The molecule has 1 aromatic rings. The van der Waals surface area contributed by atoms with Gasteiger partial charge in [-0.25, -0.2) is 4.79 Å². The van der Waals surface area contributed by atoms with E-state index in [-0.39, 0.29) is 12.6 Å². The molecule has 19 heavy (non-hydrogen) atoms. The highest BCUT2D eigenvalue weighted by Crippen LogP contribution is 2.17. The van der Waals surface area contributed by atoms with Crippen molar-refractivity contribution in [1.82, 2.24) is 10.6 Å². The van der Waals surface area contributed by atoms with E-state index in [0.29, 0.717) is 12.5 Å². The zero-order chi connectivity index (χ0) is 14.3. The molecular formula is C14H24N2O2S. The van der Waals surface area contributed by atoms with Crippen LogP contribution in [0.1, 0.15) is 45.1 Å². The van der Waals surface area contributed by atoms with E-state index < -0.39 is 5.54 Å². The molecule has 2 amide bonds. The van der Waals surface area contributed by atoms with E-state index in [1.165, 1.54) is 5.56 Å². The third kappa shape index (κ3) is 5.20. The van der Waals surface area contributed by atoms with Crippen molar-refractivity contribution in [3.63, 3.8) is 0 Å². The number of aliphatic hydroxyl groups excluding tert-OH is 1. The van der Waals surface area contributed by atoms with Crippen molar-refractivity contribution in [3.8, 4) is 0 Å². The molecule has 4 nitrogen and oxygen atoms in total. The maximum Gasteiger partial charge on any atom is 0.315 e. The second-order valence-electron chi connectivity index (χ2n) is 5.26. The Bertz CT molecular complexity index is 381. The maximum absolute atomic E-state index is 11.8. The van der Waals surface area contributed by atoms with E-state index in [9.17, 15) is 9.90 Å². The number of urea groups is 1. The second-order valence-corrected chi connectivity index (χ2v) is 6.04. The normalized spacial score (nSPS) is 15.6. The Morgan fingerprint density at radius 2 is 2.32 bits per heavy atom. The van der Waals surface area contributed by atoms with Crippen LogP contribution in [0, 0.1) is 0 Å². The number of aliphatic hydroxyl groups is 1. The summed E-state index contributed by atoms with van der Waals surface area (Å²) in [5.41, 5.74) is 0.702. The molecule has 0 bridgehead atoms. The van der Waals surface area contributed by atoms with E-state index in [2.05, 4.69) is 29.0 Å². The highest BCUT2D eigenvalue weighted by atomic mass is 32.1. The molecule has 0 aliphatic carbocycles. The monoisotopic (exact) mass is 284 g/mol. The molecule has 2 atom stereocenters. The van der Waals surface area contributed by atoms with E-state index in [4.69, 9.17) is 0 Å². The third-order valence-electron chi connectivity index (χ3n) is 3.25. The third-order valence-corrected chi connectivity index (χ3v) is 3.95. The molecule has 0 radical (unpaired) electrons. The van der Waals surface area contributed by atoms with Gasteiger partial charge in [-0.2, -0.15) is 11.3 Å². The van der Waals surface area contributed by atoms with Crippen molar-refractivity contribution >= 4 is 17.4 Å². The van der Waals surface area contributed by atoms with Gasteiger partial charge in [-0.05, 0) is 41.7 Å². The Balaban J connectivity index is 2.39. The molecule has 0 saturated heterocycles. The molecule has 0 saturated carbocycles.